The van der Waals surface area contributed by atoms with E-state index in [0.29, 0.717) is 11.3 Å². The van der Waals surface area contributed by atoms with Gasteiger partial charge in [0.15, 0.2) is 0 Å². The van der Waals surface area contributed by atoms with Crippen molar-refractivity contribution in [3.63, 3.8) is 0 Å². The van der Waals surface area contributed by atoms with Gasteiger partial charge in [0.25, 0.3) is 17.5 Å². The molecule has 10 nitrogen and oxygen atoms in total. The summed E-state index contributed by atoms with van der Waals surface area (Å²) in [5.74, 6) is -3.34. The first-order chi connectivity index (χ1) is 12.7. The molecule has 27 heavy (non-hydrogen) atoms. The topological polar surface area (TPSA) is 136 Å². The molecule has 10 heteroatoms. The van der Waals surface area contributed by atoms with Gasteiger partial charge in [0.1, 0.15) is 18.2 Å². The minimum atomic E-state index is -0.933. The summed E-state index contributed by atoms with van der Waals surface area (Å²) in [6.45, 7) is 2.91. The van der Waals surface area contributed by atoms with Crippen LogP contribution >= 0.6 is 0 Å². The molecule has 1 aliphatic rings. The molecule has 0 saturated heterocycles. The van der Waals surface area contributed by atoms with Crippen molar-refractivity contribution >= 4 is 29.4 Å². The number of fused-ring (bicyclic) bond motifs is 1. The van der Waals surface area contributed by atoms with Crippen LogP contribution in [-0.4, -0.2) is 53.2 Å². The molecule has 0 radical (unpaired) electrons. The summed E-state index contributed by atoms with van der Waals surface area (Å²) in [6, 6.07) is 2.76. The van der Waals surface area contributed by atoms with E-state index in [1.54, 1.807) is 6.92 Å². The number of hydrogen-bond acceptors (Lipinski definition) is 7. The van der Waals surface area contributed by atoms with Crippen molar-refractivity contribution in [2.24, 2.45) is 5.92 Å². The van der Waals surface area contributed by atoms with Crippen LogP contribution in [0.2, 0.25) is 0 Å². The quantitative estimate of drug-likeness (QED) is 0.322. The number of rotatable bonds is 7. The van der Waals surface area contributed by atoms with Crippen LogP contribution in [0.3, 0.4) is 0 Å². The first-order valence-corrected chi connectivity index (χ1v) is 8.23. The van der Waals surface area contributed by atoms with Crippen LogP contribution < -0.4 is 5.32 Å². The fourth-order valence-corrected chi connectivity index (χ4v) is 2.77. The molecule has 144 valence electrons. The van der Waals surface area contributed by atoms with Gasteiger partial charge in [0.2, 0.25) is 5.91 Å². The number of hydrogen-bond donors (Lipinski definition) is 1. The predicted molar refractivity (Wildman–Crippen MR) is 91.9 cm³/mol. The van der Waals surface area contributed by atoms with Crippen LogP contribution in [0.5, 0.6) is 0 Å². The van der Waals surface area contributed by atoms with Gasteiger partial charge in [-0.1, -0.05) is 26.3 Å². The first-order valence-electron chi connectivity index (χ1n) is 8.23. The molecule has 0 spiro atoms. The van der Waals surface area contributed by atoms with E-state index in [-0.39, 0.29) is 17.0 Å². The highest BCUT2D eigenvalue weighted by molar-refractivity contribution is 6.24. The summed E-state index contributed by atoms with van der Waals surface area (Å²) in [4.78, 5) is 60.0. The van der Waals surface area contributed by atoms with Crippen molar-refractivity contribution in [3.05, 3.63) is 39.4 Å². The van der Waals surface area contributed by atoms with Gasteiger partial charge in [-0.25, -0.2) is 4.79 Å². The molecule has 3 amide bonds. The zero-order valence-electron chi connectivity index (χ0n) is 15.1. The van der Waals surface area contributed by atoms with E-state index in [4.69, 9.17) is 0 Å². The summed E-state index contributed by atoms with van der Waals surface area (Å²) in [5.41, 5.74) is -0.971. The second kappa shape index (κ2) is 7.94. The third-order valence-corrected chi connectivity index (χ3v) is 4.46. The van der Waals surface area contributed by atoms with Gasteiger partial charge < -0.3 is 10.1 Å². The Hall–Kier alpha value is -3.30. The molecule has 1 heterocycles. The number of nitro benzene ring substituents is 1. The molecule has 1 N–H and O–H groups in total. The van der Waals surface area contributed by atoms with E-state index in [2.05, 4.69) is 10.1 Å². The van der Waals surface area contributed by atoms with Crippen molar-refractivity contribution in [1.82, 2.24) is 10.2 Å². The Morgan fingerprint density at radius 3 is 2.52 bits per heavy atom. The Bertz CT molecular complexity index is 821. The second-order valence-corrected chi connectivity index (χ2v) is 6.11. The monoisotopic (exact) mass is 377 g/mol. The number of nitrogens with zero attached hydrogens (tertiary/aromatic N) is 2. The number of nitrogens with one attached hydrogen (secondary N) is 1. The lowest BCUT2D eigenvalue weighted by molar-refractivity contribution is -0.385. The maximum absolute atomic E-state index is 12.5. The van der Waals surface area contributed by atoms with Crippen molar-refractivity contribution in [2.75, 3.05) is 13.7 Å². The molecule has 1 aromatic carbocycles. The van der Waals surface area contributed by atoms with Crippen molar-refractivity contribution in [2.45, 2.75) is 26.3 Å². The molecule has 0 saturated carbocycles. The van der Waals surface area contributed by atoms with Gasteiger partial charge in [0.05, 0.1) is 17.6 Å². The number of carbonyl (C=O) groups is 4. The van der Waals surface area contributed by atoms with E-state index >= 15 is 0 Å². The largest absolute Gasteiger partial charge is 0.467 e. The lowest BCUT2D eigenvalue weighted by atomic mass is 9.99. The number of imide groups is 1. The first kappa shape index (κ1) is 20.0. The van der Waals surface area contributed by atoms with E-state index in [0.717, 1.165) is 6.07 Å². The zero-order chi connectivity index (χ0) is 20.3. The van der Waals surface area contributed by atoms with Gasteiger partial charge in [-0.05, 0) is 12.0 Å². The smallest absolute Gasteiger partial charge is 0.328 e. The van der Waals surface area contributed by atoms with Gasteiger partial charge in [-0.15, -0.1) is 0 Å². The standard InChI is InChI=1S/C17H19N3O7/c1-4-9(2)14(17(24)27-3)18-12(21)8-19-15(22)10-6-5-7-11(20(25)26)13(10)16(19)23/h5-7,9,14H,4,8H2,1-3H3,(H,18,21)/t9-,14+/m1/s1. The highest BCUT2D eigenvalue weighted by Gasteiger charge is 2.42. The number of nitro groups is 1. The highest BCUT2D eigenvalue weighted by atomic mass is 16.6. The third-order valence-electron chi connectivity index (χ3n) is 4.46. The molecule has 0 bridgehead atoms. The summed E-state index contributed by atoms with van der Waals surface area (Å²) in [5, 5.41) is 13.6. The predicted octanol–water partition coefficient (Wildman–Crippen LogP) is 0.895. The van der Waals surface area contributed by atoms with Gasteiger partial charge in [-0.3, -0.25) is 29.4 Å². The normalized spacial score (nSPS) is 15.1. The minimum absolute atomic E-state index is 0.131. The average molecular weight is 377 g/mol. The molecule has 0 aromatic heterocycles. The number of esters is 1. The van der Waals surface area contributed by atoms with E-state index < -0.39 is 46.9 Å². The fourth-order valence-electron chi connectivity index (χ4n) is 2.77. The molecule has 0 aliphatic carbocycles. The number of methoxy groups -OCH3 is 1. The Kier molecular flexibility index (Phi) is 5.88. The van der Waals surface area contributed by atoms with Crippen LogP contribution in [0.1, 0.15) is 41.0 Å². The van der Waals surface area contributed by atoms with E-state index in [1.165, 1.54) is 19.2 Å². The summed E-state index contributed by atoms with van der Waals surface area (Å²) in [6.07, 6.45) is 0.583. The fraction of sp³-hybridized carbons (Fsp3) is 0.412. The van der Waals surface area contributed by atoms with Crippen LogP contribution in [0.15, 0.2) is 18.2 Å². The molecule has 2 rings (SSSR count). The molecule has 0 unspecified atom stereocenters. The van der Waals surface area contributed by atoms with Crippen LogP contribution in [0.4, 0.5) is 5.69 Å². The Balaban J connectivity index is 2.20. The molecule has 1 aromatic rings. The Morgan fingerprint density at radius 1 is 1.30 bits per heavy atom. The summed E-state index contributed by atoms with van der Waals surface area (Å²) >= 11 is 0. The van der Waals surface area contributed by atoms with Gasteiger partial charge >= 0.3 is 5.97 Å². The molecule has 2 atom stereocenters. The van der Waals surface area contributed by atoms with Crippen LogP contribution in [0, 0.1) is 16.0 Å². The number of benzene rings is 1. The average Bonchev–Trinajstić information content (AvgIpc) is 2.89. The minimum Gasteiger partial charge on any atom is -0.467 e. The maximum atomic E-state index is 12.5. The van der Waals surface area contributed by atoms with Gasteiger partial charge in [-0.2, -0.15) is 0 Å². The molecule has 0 fully saturated rings. The molecule has 1 aliphatic heterocycles. The van der Waals surface area contributed by atoms with E-state index in [9.17, 15) is 29.3 Å². The third kappa shape index (κ3) is 3.78. The number of carbonyl (C=O) groups excluding carboxylic acids is 4. The lowest BCUT2D eigenvalue weighted by Crippen LogP contribution is -2.49. The summed E-state index contributed by atoms with van der Waals surface area (Å²) in [7, 11) is 1.19. The summed E-state index contributed by atoms with van der Waals surface area (Å²) < 4.78 is 4.67. The molecular weight excluding hydrogens is 358 g/mol. The highest BCUT2D eigenvalue weighted by Crippen LogP contribution is 2.30. The van der Waals surface area contributed by atoms with E-state index in [1.807, 2.05) is 6.92 Å². The SMILES string of the molecule is CC[C@@H](C)[C@H](NC(=O)CN1C(=O)c2cccc([N+](=O)[O-])c2C1=O)C(=O)OC. The zero-order valence-corrected chi connectivity index (χ0v) is 15.1. The van der Waals surface area contributed by atoms with Crippen molar-refractivity contribution in [3.8, 4) is 0 Å². The maximum Gasteiger partial charge on any atom is 0.328 e. The second-order valence-electron chi connectivity index (χ2n) is 6.11. The Labute approximate surface area is 154 Å². The van der Waals surface area contributed by atoms with Crippen molar-refractivity contribution < 1.29 is 28.8 Å². The Morgan fingerprint density at radius 2 is 1.96 bits per heavy atom. The number of amides is 3. The lowest BCUT2D eigenvalue weighted by Gasteiger charge is -2.23. The van der Waals surface area contributed by atoms with Crippen LogP contribution in [0.25, 0.3) is 0 Å². The van der Waals surface area contributed by atoms with Gasteiger partial charge in [0, 0.05) is 6.07 Å². The number of ether oxygens (including phenoxy) is 1. The van der Waals surface area contributed by atoms with Crippen LogP contribution in [-0.2, 0) is 14.3 Å². The molecular formula is C17H19N3O7. The van der Waals surface area contributed by atoms with Crippen molar-refractivity contribution in [1.29, 1.82) is 0 Å².